The smallest absolute Gasteiger partial charge is 0.306 e. The molecule has 186 valence electrons. The molecule has 0 saturated carbocycles. The van der Waals surface area contributed by atoms with Crippen LogP contribution in [0.1, 0.15) is 57.1 Å². The Morgan fingerprint density at radius 2 is 1.94 bits per heavy atom. The zero-order valence-corrected chi connectivity index (χ0v) is 19.7. The standard InChI is InChI=1S/C25H38O8/c1-4-16(2)9-7-5-6-8-10-21(27)31-15-18-11-12-19(17(3)13-18)32-25-24(30)23(29)22(28)20(14-26)33-25/h7,9,11-13,16,20,22-26,28-30H,4-6,8,10,14-15H2,1-3H3/b9-7+. The molecule has 2 rings (SSSR count). The van der Waals surface area contributed by atoms with Crippen molar-refractivity contribution in [2.75, 3.05) is 6.61 Å². The van der Waals surface area contributed by atoms with Gasteiger partial charge in [0, 0.05) is 6.42 Å². The SMILES string of the molecule is CCC(C)/C=C/CCCCC(=O)OCc1ccc(OC2OC(CO)C(O)C(O)C2O)c(C)c1. The minimum atomic E-state index is -1.50. The number of ether oxygens (including phenoxy) is 3. The molecule has 1 aliphatic rings. The molecule has 8 heteroatoms. The Labute approximate surface area is 195 Å². The van der Waals surface area contributed by atoms with Crippen LogP contribution in [0.5, 0.6) is 5.75 Å². The topological polar surface area (TPSA) is 126 Å². The number of aryl methyl sites for hydroxylation is 1. The zero-order valence-electron chi connectivity index (χ0n) is 19.7. The van der Waals surface area contributed by atoms with Crippen LogP contribution in [0.3, 0.4) is 0 Å². The van der Waals surface area contributed by atoms with Crippen LogP contribution in [0.2, 0.25) is 0 Å². The maximum Gasteiger partial charge on any atom is 0.306 e. The average Bonchev–Trinajstić information content (AvgIpc) is 2.81. The van der Waals surface area contributed by atoms with Gasteiger partial charge in [-0.2, -0.15) is 0 Å². The van der Waals surface area contributed by atoms with Gasteiger partial charge in [0.25, 0.3) is 0 Å². The number of unbranched alkanes of at least 4 members (excludes halogenated alkanes) is 2. The molecule has 6 atom stereocenters. The van der Waals surface area contributed by atoms with E-state index in [-0.39, 0.29) is 12.6 Å². The molecule has 33 heavy (non-hydrogen) atoms. The van der Waals surface area contributed by atoms with E-state index < -0.39 is 37.3 Å². The number of rotatable bonds is 12. The van der Waals surface area contributed by atoms with Gasteiger partial charge in [-0.15, -0.1) is 0 Å². The third kappa shape index (κ3) is 8.39. The molecule has 4 N–H and O–H groups in total. The van der Waals surface area contributed by atoms with E-state index in [1.165, 1.54) is 0 Å². The molecule has 0 radical (unpaired) electrons. The van der Waals surface area contributed by atoms with E-state index >= 15 is 0 Å². The number of aliphatic hydroxyl groups excluding tert-OH is 4. The van der Waals surface area contributed by atoms with E-state index in [1.54, 1.807) is 25.1 Å². The minimum Gasteiger partial charge on any atom is -0.462 e. The fraction of sp³-hybridized carbons (Fsp3) is 0.640. The normalized spacial score (nSPS) is 26.3. The highest BCUT2D eigenvalue weighted by molar-refractivity contribution is 5.69. The van der Waals surface area contributed by atoms with Crippen LogP contribution >= 0.6 is 0 Å². The summed E-state index contributed by atoms with van der Waals surface area (Å²) < 4.78 is 16.4. The van der Waals surface area contributed by atoms with Crippen molar-refractivity contribution in [2.45, 2.75) is 90.2 Å². The van der Waals surface area contributed by atoms with Gasteiger partial charge in [-0.25, -0.2) is 0 Å². The van der Waals surface area contributed by atoms with Crippen LogP contribution in [0.25, 0.3) is 0 Å². The van der Waals surface area contributed by atoms with Crippen LogP contribution < -0.4 is 4.74 Å². The van der Waals surface area contributed by atoms with E-state index in [4.69, 9.17) is 14.2 Å². The maximum atomic E-state index is 12.0. The van der Waals surface area contributed by atoms with Crippen LogP contribution in [0, 0.1) is 12.8 Å². The van der Waals surface area contributed by atoms with Crippen LogP contribution in [0.15, 0.2) is 30.4 Å². The molecular weight excluding hydrogens is 428 g/mol. The lowest BCUT2D eigenvalue weighted by atomic mass is 9.99. The predicted octanol–water partition coefficient (Wildman–Crippen LogP) is 2.38. The van der Waals surface area contributed by atoms with Crippen molar-refractivity contribution < 1.29 is 39.4 Å². The van der Waals surface area contributed by atoms with E-state index in [2.05, 4.69) is 26.0 Å². The largest absolute Gasteiger partial charge is 0.462 e. The Balaban J connectivity index is 1.78. The summed E-state index contributed by atoms with van der Waals surface area (Å²) in [5, 5.41) is 39.2. The third-order valence-electron chi connectivity index (χ3n) is 5.84. The summed E-state index contributed by atoms with van der Waals surface area (Å²) in [4.78, 5) is 12.0. The highest BCUT2D eigenvalue weighted by Gasteiger charge is 2.44. The monoisotopic (exact) mass is 466 g/mol. The number of hydrogen-bond donors (Lipinski definition) is 4. The summed E-state index contributed by atoms with van der Waals surface area (Å²) in [7, 11) is 0. The molecule has 0 bridgehead atoms. The van der Waals surface area contributed by atoms with Gasteiger partial charge in [-0.05, 0) is 55.4 Å². The van der Waals surface area contributed by atoms with Crippen LogP contribution in [-0.4, -0.2) is 63.7 Å². The highest BCUT2D eigenvalue weighted by atomic mass is 16.7. The quantitative estimate of drug-likeness (QED) is 0.210. The van der Waals surface area contributed by atoms with E-state index in [0.717, 1.165) is 31.2 Å². The molecule has 1 heterocycles. The maximum absolute atomic E-state index is 12.0. The number of allylic oxidation sites excluding steroid dienone is 2. The van der Waals surface area contributed by atoms with Crippen molar-refractivity contribution in [1.82, 2.24) is 0 Å². The average molecular weight is 467 g/mol. The van der Waals surface area contributed by atoms with Gasteiger partial charge in [0.1, 0.15) is 36.8 Å². The zero-order chi connectivity index (χ0) is 24.4. The lowest BCUT2D eigenvalue weighted by Crippen LogP contribution is -2.60. The fourth-order valence-electron chi connectivity index (χ4n) is 3.46. The Morgan fingerprint density at radius 1 is 1.18 bits per heavy atom. The van der Waals surface area contributed by atoms with Crippen molar-refractivity contribution in [2.24, 2.45) is 5.92 Å². The molecule has 0 spiro atoms. The molecule has 0 aromatic heterocycles. The number of aliphatic hydroxyl groups is 4. The van der Waals surface area contributed by atoms with Crippen molar-refractivity contribution >= 4 is 5.97 Å². The molecule has 0 amide bonds. The second-order valence-corrected chi connectivity index (χ2v) is 8.64. The summed E-state index contributed by atoms with van der Waals surface area (Å²) in [5.41, 5.74) is 1.51. The Kier molecular flexibility index (Phi) is 11.3. The first-order valence-corrected chi connectivity index (χ1v) is 11.7. The number of carbonyl (C=O) groups excluding carboxylic acids is 1. The van der Waals surface area contributed by atoms with Crippen molar-refractivity contribution in [3.63, 3.8) is 0 Å². The minimum absolute atomic E-state index is 0.147. The van der Waals surface area contributed by atoms with Gasteiger partial charge in [-0.3, -0.25) is 4.79 Å². The van der Waals surface area contributed by atoms with Crippen LogP contribution in [-0.2, 0) is 20.9 Å². The van der Waals surface area contributed by atoms with Gasteiger partial charge in [0.2, 0.25) is 6.29 Å². The number of esters is 1. The van der Waals surface area contributed by atoms with Gasteiger partial charge < -0.3 is 34.6 Å². The van der Waals surface area contributed by atoms with E-state index in [9.17, 15) is 25.2 Å². The second-order valence-electron chi connectivity index (χ2n) is 8.64. The Bertz CT molecular complexity index is 763. The number of benzene rings is 1. The molecule has 6 unspecified atom stereocenters. The number of hydrogen-bond acceptors (Lipinski definition) is 8. The van der Waals surface area contributed by atoms with Gasteiger partial charge in [-0.1, -0.05) is 38.5 Å². The van der Waals surface area contributed by atoms with Crippen molar-refractivity contribution in [1.29, 1.82) is 0 Å². The Hall–Kier alpha value is -1.97. The first kappa shape index (κ1) is 27.3. The fourth-order valence-corrected chi connectivity index (χ4v) is 3.46. The first-order chi connectivity index (χ1) is 15.8. The lowest BCUT2D eigenvalue weighted by Gasteiger charge is -2.39. The molecule has 1 saturated heterocycles. The molecule has 1 aromatic rings. The molecule has 1 aromatic carbocycles. The van der Waals surface area contributed by atoms with Crippen molar-refractivity contribution in [3.05, 3.63) is 41.5 Å². The van der Waals surface area contributed by atoms with Gasteiger partial charge >= 0.3 is 5.97 Å². The summed E-state index contributed by atoms with van der Waals surface area (Å²) in [6.45, 7) is 5.76. The molecule has 8 nitrogen and oxygen atoms in total. The molecule has 0 aliphatic carbocycles. The molecular formula is C25H38O8. The third-order valence-corrected chi connectivity index (χ3v) is 5.84. The lowest BCUT2D eigenvalue weighted by molar-refractivity contribution is -0.277. The van der Waals surface area contributed by atoms with E-state index in [0.29, 0.717) is 23.7 Å². The first-order valence-electron chi connectivity index (χ1n) is 11.7. The second kappa shape index (κ2) is 13.7. The van der Waals surface area contributed by atoms with Crippen LogP contribution in [0.4, 0.5) is 0 Å². The predicted molar refractivity (Wildman–Crippen MR) is 122 cm³/mol. The summed E-state index contributed by atoms with van der Waals surface area (Å²) >= 11 is 0. The molecule has 1 aliphatic heterocycles. The van der Waals surface area contributed by atoms with E-state index in [1.807, 2.05) is 0 Å². The molecule has 1 fully saturated rings. The van der Waals surface area contributed by atoms with Crippen molar-refractivity contribution in [3.8, 4) is 5.75 Å². The van der Waals surface area contributed by atoms with Gasteiger partial charge in [0.15, 0.2) is 0 Å². The Morgan fingerprint density at radius 3 is 2.61 bits per heavy atom. The summed E-state index contributed by atoms with van der Waals surface area (Å²) in [6, 6.07) is 5.19. The summed E-state index contributed by atoms with van der Waals surface area (Å²) in [6.07, 6.45) is 1.89. The highest BCUT2D eigenvalue weighted by Crippen LogP contribution is 2.27. The summed E-state index contributed by atoms with van der Waals surface area (Å²) in [5.74, 6) is 0.757. The number of carbonyl (C=O) groups is 1. The van der Waals surface area contributed by atoms with Gasteiger partial charge in [0.05, 0.1) is 6.61 Å².